The highest BCUT2D eigenvalue weighted by Crippen LogP contribution is 2.31. The van der Waals surface area contributed by atoms with Crippen molar-refractivity contribution >= 4 is 34.8 Å². The predicted octanol–water partition coefficient (Wildman–Crippen LogP) is 4.82. The second kappa shape index (κ2) is 10.1. The SMILES string of the molecule is C[C@H]1CCCN(c2cc(C(F)(F)F)nc(NC(=S)NCc3ccc(N4CCCC4)cc3)n2)C1. The van der Waals surface area contributed by atoms with Gasteiger partial charge in [0.25, 0.3) is 0 Å². The molecule has 3 heterocycles. The predicted molar refractivity (Wildman–Crippen MR) is 129 cm³/mol. The zero-order valence-electron chi connectivity index (χ0n) is 18.7. The minimum Gasteiger partial charge on any atom is -0.372 e. The Balaban J connectivity index is 1.40. The standard InChI is InChI=1S/C23H29F3N6S/c1-16-5-4-12-32(15-16)20-13-19(23(24,25)26)28-21(29-20)30-22(33)27-14-17-6-8-18(9-7-17)31-10-2-3-11-31/h6-9,13,16H,2-5,10-12,14-15H2,1H3,(H2,27,28,29,30,33)/t16-/m0/s1. The largest absolute Gasteiger partial charge is 0.433 e. The summed E-state index contributed by atoms with van der Waals surface area (Å²) in [6.45, 7) is 6.05. The first-order chi connectivity index (χ1) is 15.8. The van der Waals surface area contributed by atoms with Crippen molar-refractivity contribution in [2.24, 2.45) is 5.92 Å². The van der Waals surface area contributed by atoms with Gasteiger partial charge in [-0.3, -0.25) is 0 Å². The first kappa shape index (κ1) is 23.5. The third kappa shape index (κ3) is 6.25. The highest BCUT2D eigenvalue weighted by Gasteiger charge is 2.34. The van der Waals surface area contributed by atoms with Crippen LogP contribution in [0.5, 0.6) is 0 Å². The van der Waals surface area contributed by atoms with Gasteiger partial charge in [0.05, 0.1) is 0 Å². The van der Waals surface area contributed by atoms with Crippen LogP contribution in [0.15, 0.2) is 30.3 Å². The zero-order chi connectivity index (χ0) is 23.4. The molecule has 2 aliphatic heterocycles. The van der Waals surface area contributed by atoms with Crippen molar-refractivity contribution in [3.05, 3.63) is 41.6 Å². The number of hydrogen-bond acceptors (Lipinski definition) is 5. The number of rotatable bonds is 5. The lowest BCUT2D eigenvalue weighted by Gasteiger charge is -2.32. The number of halogens is 3. The quantitative estimate of drug-likeness (QED) is 0.598. The van der Waals surface area contributed by atoms with E-state index in [1.54, 1.807) is 0 Å². The number of aromatic nitrogens is 2. The Morgan fingerprint density at radius 3 is 2.42 bits per heavy atom. The molecule has 0 spiro atoms. The molecular weight excluding hydrogens is 449 g/mol. The third-order valence-electron chi connectivity index (χ3n) is 6.07. The topological polar surface area (TPSA) is 56.3 Å². The summed E-state index contributed by atoms with van der Waals surface area (Å²) in [5, 5.41) is 5.94. The Morgan fingerprint density at radius 2 is 1.76 bits per heavy atom. The van der Waals surface area contributed by atoms with E-state index in [2.05, 4.69) is 44.6 Å². The van der Waals surface area contributed by atoms with Crippen molar-refractivity contribution in [3.63, 3.8) is 0 Å². The van der Waals surface area contributed by atoms with E-state index in [1.165, 1.54) is 18.5 Å². The monoisotopic (exact) mass is 478 g/mol. The molecule has 1 atom stereocenters. The maximum absolute atomic E-state index is 13.5. The highest BCUT2D eigenvalue weighted by atomic mass is 32.1. The Kier molecular flexibility index (Phi) is 7.21. The fourth-order valence-corrected chi connectivity index (χ4v) is 4.49. The van der Waals surface area contributed by atoms with Crippen molar-refractivity contribution in [1.82, 2.24) is 15.3 Å². The average Bonchev–Trinajstić information content (AvgIpc) is 3.32. The van der Waals surface area contributed by atoms with Gasteiger partial charge in [0.15, 0.2) is 10.8 Å². The van der Waals surface area contributed by atoms with E-state index in [4.69, 9.17) is 12.2 Å². The lowest BCUT2D eigenvalue weighted by atomic mass is 10.0. The fourth-order valence-electron chi connectivity index (χ4n) is 4.32. The number of hydrogen-bond donors (Lipinski definition) is 2. The Hall–Kier alpha value is -2.62. The first-order valence-electron chi connectivity index (χ1n) is 11.4. The molecule has 33 heavy (non-hydrogen) atoms. The van der Waals surface area contributed by atoms with E-state index in [-0.39, 0.29) is 16.9 Å². The molecule has 178 valence electrons. The first-order valence-corrected chi connectivity index (χ1v) is 11.8. The van der Waals surface area contributed by atoms with Crippen LogP contribution in [0, 0.1) is 5.92 Å². The normalized spacial score (nSPS) is 19.0. The summed E-state index contributed by atoms with van der Waals surface area (Å²) in [7, 11) is 0. The number of nitrogens with zero attached hydrogens (tertiary/aromatic N) is 4. The van der Waals surface area contributed by atoms with Gasteiger partial charge in [-0.1, -0.05) is 19.1 Å². The molecule has 0 bridgehead atoms. The molecule has 0 unspecified atom stereocenters. The molecule has 0 saturated carbocycles. The van der Waals surface area contributed by atoms with Gasteiger partial charge in [-0.25, -0.2) is 4.98 Å². The van der Waals surface area contributed by atoms with Crippen LogP contribution in [0.25, 0.3) is 0 Å². The second-order valence-electron chi connectivity index (χ2n) is 8.79. The number of benzene rings is 1. The van der Waals surface area contributed by atoms with Crippen LogP contribution in [-0.4, -0.2) is 41.3 Å². The smallest absolute Gasteiger partial charge is 0.372 e. The maximum atomic E-state index is 13.5. The van der Waals surface area contributed by atoms with Crippen LogP contribution in [-0.2, 0) is 12.7 Å². The van der Waals surface area contributed by atoms with Crippen LogP contribution in [0.1, 0.15) is 43.9 Å². The Labute approximate surface area is 197 Å². The van der Waals surface area contributed by atoms with Gasteiger partial charge in [-0.15, -0.1) is 0 Å². The lowest BCUT2D eigenvalue weighted by Crippen LogP contribution is -2.35. The van der Waals surface area contributed by atoms with Gasteiger partial charge < -0.3 is 20.4 Å². The molecule has 2 N–H and O–H groups in total. The van der Waals surface area contributed by atoms with E-state index >= 15 is 0 Å². The van der Waals surface area contributed by atoms with Crippen LogP contribution in [0.3, 0.4) is 0 Å². The lowest BCUT2D eigenvalue weighted by molar-refractivity contribution is -0.141. The van der Waals surface area contributed by atoms with E-state index in [1.807, 2.05) is 17.0 Å². The molecular formula is C23H29F3N6S. The molecule has 2 aliphatic rings. The minimum atomic E-state index is -4.57. The summed E-state index contributed by atoms with van der Waals surface area (Å²) >= 11 is 5.30. The van der Waals surface area contributed by atoms with E-state index < -0.39 is 11.9 Å². The molecule has 2 fully saturated rings. The minimum absolute atomic E-state index is 0.153. The highest BCUT2D eigenvalue weighted by molar-refractivity contribution is 7.80. The van der Waals surface area contributed by atoms with Gasteiger partial charge in [-0.05, 0) is 61.5 Å². The molecule has 0 aliphatic carbocycles. The molecule has 0 amide bonds. The number of nitrogens with one attached hydrogen (secondary N) is 2. The van der Waals surface area contributed by atoms with Crippen LogP contribution in [0.4, 0.5) is 30.6 Å². The molecule has 6 nitrogen and oxygen atoms in total. The van der Waals surface area contributed by atoms with Crippen molar-refractivity contribution in [2.75, 3.05) is 41.3 Å². The molecule has 4 rings (SSSR count). The average molecular weight is 479 g/mol. The number of thiocarbonyl (C=S) groups is 1. The van der Waals surface area contributed by atoms with Gasteiger partial charge in [0, 0.05) is 44.5 Å². The summed E-state index contributed by atoms with van der Waals surface area (Å²) in [5.41, 5.74) is 1.25. The summed E-state index contributed by atoms with van der Waals surface area (Å²) in [6, 6.07) is 9.24. The summed E-state index contributed by atoms with van der Waals surface area (Å²) in [6.07, 6.45) is -0.141. The van der Waals surface area contributed by atoms with Gasteiger partial charge in [0.1, 0.15) is 5.82 Å². The van der Waals surface area contributed by atoms with Crippen LogP contribution in [0.2, 0.25) is 0 Å². The maximum Gasteiger partial charge on any atom is 0.433 e. The van der Waals surface area contributed by atoms with E-state index in [0.717, 1.165) is 37.6 Å². The molecule has 10 heteroatoms. The molecule has 1 aromatic carbocycles. The van der Waals surface area contributed by atoms with Crippen LogP contribution >= 0.6 is 12.2 Å². The zero-order valence-corrected chi connectivity index (χ0v) is 19.5. The van der Waals surface area contributed by atoms with Gasteiger partial charge >= 0.3 is 6.18 Å². The van der Waals surface area contributed by atoms with E-state index in [0.29, 0.717) is 25.6 Å². The summed E-state index contributed by atoms with van der Waals surface area (Å²) < 4.78 is 40.4. The summed E-state index contributed by atoms with van der Waals surface area (Å²) in [5.74, 6) is 0.519. The van der Waals surface area contributed by atoms with Crippen molar-refractivity contribution < 1.29 is 13.2 Å². The molecule has 1 aromatic heterocycles. The third-order valence-corrected chi connectivity index (χ3v) is 6.32. The Bertz CT molecular complexity index is 960. The number of alkyl halides is 3. The molecule has 2 aromatic rings. The van der Waals surface area contributed by atoms with Gasteiger partial charge in [0.2, 0.25) is 5.95 Å². The van der Waals surface area contributed by atoms with Crippen molar-refractivity contribution in [3.8, 4) is 0 Å². The molecule has 0 radical (unpaired) electrons. The van der Waals surface area contributed by atoms with Crippen molar-refractivity contribution in [2.45, 2.75) is 45.3 Å². The molecule has 2 saturated heterocycles. The summed E-state index contributed by atoms with van der Waals surface area (Å²) in [4.78, 5) is 12.2. The van der Waals surface area contributed by atoms with Crippen molar-refractivity contribution in [1.29, 1.82) is 0 Å². The van der Waals surface area contributed by atoms with E-state index in [9.17, 15) is 13.2 Å². The fraction of sp³-hybridized carbons (Fsp3) is 0.522. The second-order valence-corrected chi connectivity index (χ2v) is 9.20. The van der Waals surface area contributed by atoms with Gasteiger partial charge in [-0.2, -0.15) is 18.2 Å². The number of piperidine rings is 1. The van der Waals surface area contributed by atoms with Crippen LogP contribution < -0.4 is 20.4 Å². The Morgan fingerprint density at radius 1 is 1.06 bits per heavy atom. The number of anilines is 3.